The van der Waals surface area contributed by atoms with Crippen LogP contribution in [0.1, 0.15) is 12.5 Å². The van der Waals surface area contributed by atoms with E-state index in [4.69, 9.17) is 17.0 Å². The molecule has 5 nitrogen and oxygen atoms in total. The van der Waals surface area contributed by atoms with Gasteiger partial charge in [-0.3, -0.25) is 4.79 Å². The van der Waals surface area contributed by atoms with Gasteiger partial charge >= 0.3 is 0 Å². The molecule has 0 aromatic heterocycles. The monoisotopic (exact) mass is 295 g/mol. The molecule has 0 saturated heterocycles. The summed E-state index contributed by atoms with van der Waals surface area (Å²) in [5, 5.41) is 9.45. The molecule has 0 saturated carbocycles. The molecule has 0 spiro atoms. The lowest BCUT2D eigenvalue weighted by Crippen LogP contribution is -2.40. The molecular weight excluding hydrogens is 274 g/mol. The molecule has 6 heteroatoms. The minimum absolute atomic E-state index is 0.0369. The minimum atomic E-state index is -0.0369. The molecule has 1 amide bonds. The molecule has 0 bridgehead atoms. The number of nitrogens with one attached hydrogen (secondary N) is 3. The number of methoxy groups -OCH3 is 1. The van der Waals surface area contributed by atoms with Crippen molar-refractivity contribution in [2.75, 3.05) is 26.7 Å². The molecule has 3 N–H and O–H groups in total. The van der Waals surface area contributed by atoms with Gasteiger partial charge in [0.25, 0.3) is 0 Å². The minimum Gasteiger partial charge on any atom is -0.497 e. The van der Waals surface area contributed by atoms with Crippen LogP contribution in [-0.2, 0) is 11.2 Å². The summed E-state index contributed by atoms with van der Waals surface area (Å²) in [6, 6.07) is 7.96. The van der Waals surface area contributed by atoms with Gasteiger partial charge in [0.05, 0.1) is 7.11 Å². The second kappa shape index (κ2) is 9.14. The fourth-order valence-corrected chi connectivity index (χ4v) is 1.79. The summed E-state index contributed by atoms with van der Waals surface area (Å²) in [4.78, 5) is 10.7. The van der Waals surface area contributed by atoms with Crippen LogP contribution >= 0.6 is 12.2 Å². The van der Waals surface area contributed by atoms with Gasteiger partial charge in [-0.05, 0) is 36.3 Å². The number of amides is 1. The Bertz CT molecular complexity index is 435. The first-order chi connectivity index (χ1) is 9.61. The molecule has 0 fully saturated rings. The van der Waals surface area contributed by atoms with E-state index in [0.717, 1.165) is 18.7 Å². The highest BCUT2D eigenvalue weighted by Crippen LogP contribution is 2.11. The Morgan fingerprint density at radius 1 is 1.10 bits per heavy atom. The summed E-state index contributed by atoms with van der Waals surface area (Å²) in [6.45, 7) is 3.44. The number of thiocarbonyl (C=S) groups is 1. The molecule has 0 radical (unpaired) electrons. The lowest BCUT2D eigenvalue weighted by Gasteiger charge is -2.10. The van der Waals surface area contributed by atoms with E-state index >= 15 is 0 Å². The van der Waals surface area contributed by atoms with E-state index in [1.54, 1.807) is 7.11 Å². The molecule has 0 aliphatic carbocycles. The fourth-order valence-electron chi connectivity index (χ4n) is 1.59. The molecule has 0 aliphatic rings. The molecule has 0 heterocycles. The van der Waals surface area contributed by atoms with E-state index in [-0.39, 0.29) is 5.91 Å². The normalized spacial score (nSPS) is 9.70. The van der Waals surface area contributed by atoms with Gasteiger partial charge in [-0.15, -0.1) is 0 Å². The molecule has 20 heavy (non-hydrogen) atoms. The molecule has 1 aromatic rings. The summed E-state index contributed by atoms with van der Waals surface area (Å²) < 4.78 is 5.11. The van der Waals surface area contributed by atoms with Gasteiger partial charge in [0, 0.05) is 26.6 Å². The van der Waals surface area contributed by atoms with Crippen LogP contribution in [0.4, 0.5) is 0 Å². The van der Waals surface area contributed by atoms with Crippen molar-refractivity contribution in [2.24, 2.45) is 0 Å². The van der Waals surface area contributed by atoms with Gasteiger partial charge in [-0.1, -0.05) is 12.1 Å². The largest absolute Gasteiger partial charge is 0.497 e. The number of carbonyl (C=O) groups excluding carboxylic acids is 1. The standard InChI is InChI=1S/C14H21N3O2S/c1-11(18)15-9-10-17-14(20)16-8-7-12-3-5-13(19-2)6-4-12/h3-6H,7-10H2,1-2H3,(H,15,18)(H2,16,17,20). The van der Waals surface area contributed by atoms with Gasteiger partial charge in [0.1, 0.15) is 5.75 Å². The third kappa shape index (κ3) is 6.94. The highest BCUT2D eigenvalue weighted by molar-refractivity contribution is 7.80. The molecule has 1 aromatic carbocycles. The van der Waals surface area contributed by atoms with E-state index in [1.807, 2.05) is 24.3 Å². The zero-order chi connectivity index (χ0) is 14.8. The summed E-state index contributed by atoms with van der Waals surface area (Å²) >= 11 is 5.13. The number of carbonyl (C=O) groups is 1. The van der Waals surface area contributed by atoms with Crippen LogP contribution in [0.3, 0.4) is 0 Å². The van der Waals surface area contributed by atoms with Crippen molar-refractivity contribution in [3.63, 3.8) is 0 Å². The van der Waals surface area contributed by atoms with E-state index in [2.05, 4.69) is 16.0 Å². The Balaban J connectivity index is 2.13. The fraction of sp³-hybridized carbons (Fsp3) is 0.429. The number of ether oxygens (including phenoxy) is 1. The average Bonchev–Trinajstić information content (AvgIpc) is 2.44. The zero-order valence-electron chi connectivity index (χ0n) is 11.9. The van der Waals surface area contributed by atoms with Gasteiger partial charge in [-0.2, -0.15) is 0 Å². The van der Waals surface area contributed by atoms with Crippen LogP contribution in [-0.4, -0.2) is 37.8 Å². The molecule has 0 unspecified atom stereocenters. The van der Waals surface area contributed by atoms with Crippen molar-refractivity contribution >= 4 is 23.2 Å². The van der Waals surface area contributed by atoms with Crippen LogP contribution < -0.4 is 20.7 Å². The van der Waals surface area contributed by atoms with Crippen LogP contribution in [0.5, 0.6) is 5.75 Å². The molecule has 1 rings (SSSR count). The van der Waals surface area contributed by atoms with Gasteiger partial charge in [0.2, 0.25) is 5.91 Å². The van der Waals surface area contributed by atoms with Crippen LogP contribution in [0, 0.1) is 0 Å². The lowest BCUT2D eigenvalue weighted by atomic mass is 10.1. The van der Waals surface area contributed by atoms with E-state index in [9.17, 15) is 4.79 Å². The maximum atomic E-state index is 10.7. The predicted molar refractivity (Wildman–Crippen MR) is 84.0 cm³/mol. The van der Waals surface area contributed by atoms with Crippen molar-refractivity contribution < 1.29 is 9.53 Å². The molecular formula is C14H21N3O2S. The Morgan fingerprint density at radius 2 is 1.70 bits per heavy atom. The molecule has 110 valence electrons. The maximum Gasteiger partial charge on any atom is 0.216 e. The van der Waals surface area contributed by atoms with Gasteiger partial charge < -0.3 is 20.7 Å². The summed E-state index contributed by atoms with van der Waals surface area (Å²) in [7, 11) is 1.65. The van der Waals surface area contributed by atoms with Gasteiger partial charge in [-0.25, -0.2) is 0 Å². The van der Waals surface area contributed by atoms with E-state index in [0.29, 0.717) is 18.2 Å². The third-order valence-corrected chi connectivity index (χ3v) is 2.93. The number of benzene rings is 1. The van der Waals surface area contributed by atoms with Gasteiger partial charge in [0.15, 0.2) is 5.11 Å². The SMILES string of the molecule is COc1ccc(CCNC(=S)NCCNC(C)=O)cc1. The smallest absolute Gasteiger partial charge is 0.216 e. The summed E-state index contributed by atoms with van der Waals surface area (Å²) in [5.74, 6) is 0.821. The van der Waals surface area contributed by atoms with Crippen molar-refractivity contribution in [3.8, 4) is 5.75 Å². The number of hydrogen-bond acceptors (Lipinski definition) is 3. The second-order valence-electron chi connectivity index (χ2n) is 4.26. The quantitative estimate of drug-likeness (QED) is 0.514. The summed E-state index contributed by atoms with van der Waals surface area (Å²) in [5.41, 5.74) is 1.22. The number of rotatable bonds is 7. The van der Waals surface area contributed by atoms with Crippen molar-refractivity contribution in [1.82, 2.24) is 16.0 Å². The lowest BCUT2D eigenvalue weighted by molar-refractivity contribution is -0.118. The Morgan fingerprint density at radius 3 is 2.30 bits per heavy atom. The first kappa shape index (κ1) is 16.2. The Labute approximate surface area is 125 Å². The van der Waals surface area contributed by atoms with Crippen LogP contribution in [0.2, 0.25) is 0 Å². The number of hydrogen-bond donors (Lipinski definition) is 3. The summed E-state index contributed by atoms with van der Waals surface area (Å²) in [6.07, 6.45) is 0.886. The second-order valence-corrected chi connectivity index (χ2v) is 4.67. The average molecular weight is 295 g/mol. The Hall–Kier alpha value is -1.82. The first-order valence-electron chi connectivity index (χ1n) is 6.51. The van der Waals surface area contributed by atoms with Crippen LogP contribution in [0.15, 0.2) is 24.3 Å². The van der Waals surface area contributed by atoms with Crippen LogP contribution in [0.25, 0.3) is 0 Å². The Kier molecular flexibility index (Phi) is 7.42. The molecule has 0 atom stereocenters. The molecule has 0 aliphatic heterocycles. The van der Waals surface area contributed by atoms with Crippen molar-refractivity contribution in [1.29, 1.82) is 0 Å². The third-order valence-electron chi connectivity index (χ3n) is 2.64. The van der Waals surface area contributed by atoms with Crippen molar-refractivity contribution in [3.05, 3.63) is 29.8 Å². The topological polar surface area (TPSA) is 62.4 Å². The highest BCUT2D eigenvalue weighted by atomic mass is 32.1. The predicted octanol–water partition coefficient (Wildman–Crippen LogP) is 0.838. The highest BCUT2D eigenvalue weighted by Gasteiger charge is 1.97. The maximum absolute atomic E-state index is 10.7. The zero-order valence-corrected chi connectivity index (χ0v) is 12.7. The van der Waals surface area contributed by atoms with E-state index in [1.165, 1.54) is 12.5 Å². The first-order valence-corrected chi connectivity index (χ1v) is 6.91. The van der Waals surface area contributed by atoms with E-state index < -0.39 is 0 Å². The van der Waals surface area contributed by atoms with Crippen molar-refractivity contribution in [2.45, 2.75) is 13.3 Å².